The summed E-state index contributed by atoms with van der Waals surface area (Å²) < 4.78 is 2.16. The third kappa shape index (κ3) is 4.10. The molecule has 2 fully saturated rings. The topological polar surface area (TPSA) is 77.2 Å². The van der Waals surface area contributed by atoms with Crippen LogP contribution in [0.4, 0.5) is 5.69 Å². The van der Waals surface area contributed by atoms with Gasteiger partial charge in [0.2, 0.25) is 5.91 Å². The molecular formula is C26H28N6O. The average Bonchev–Trinajstić information content (AvgIpc) is 3.40. The number of carbonyl (C=O) groups excluding carboxylic acids is 1. The summed E-state index contributed by atoms with van der Waals surface area (Å²) in [4.78, 5) is 22.0. The number of likely N-dealkylation sites (tertiary alicyclic amines) is 1. The van der Waals surface area contributed by atoms with Crippen molar-refractivity contribution in [1.29, 1.82) is 5.26 Å². The van der Waals surface area contributed by atoms with Gasteiger partial charge in [0, 0.05) is 38.1 Å². The number of nitrogens with one attached hydrogen (secondary N) is 1. The standard InChI is InChI=1S/C26H28N6O/c1-20-2-8-23(9-3-20)32-19-29-25(33)26(32)10-12-30(13-11-26)17-24-15-28-18-31(24)16-22-6-4-21(14-27)5-7-22/h2-9,15,18H,10-13,16-17,19H2,1H3,(H,29,33). The Morgan fingerprint density at radius 1 is 1.06 bits per heavy atom. The van der Waals surface area contributed by atoms with E-state index in [0.717, 1.165) is 56.0 Å². The van der Waals surface area contributed by atoms with E-state index in [1.165, 1.54) is 5.56 Å². The van der Waals surface area contributed by atoms with Crippen LogP contribution in [0.1, 0.15) is 35.2 Å². The van der Waals surface area contributed by atoms with Gasteiger partial charge in [-0.15, -0.1) is 0 Å². The maximum Gasteiger partial charge on any atom is 0.247 e. The molecule has 1 amide bonds. The number of nitrogens with zero attached hydrogens (tertiary/aromatic N) is 5. The van der Waals surface area contributed by atoms with Crippen molar-refractivity contribution in [1.82, 2.24) is 19.8 Å². The summed E-state index contributed by atoms with van der Waals surface area (Å²) >= 11 is 0. The Kier molecular flexibility index (Phi) is 5.61. The SMILES string of the molecule is Cc1ccc(N2CNC(=O)C23CCN(Cc2cncn2Cc2ccc(C#N)cc2)CC3)cc1. The molecule has 168 valence electrons. The maximum absolute atomic E-state index is 12.9. The molecule has 2 aromatic carbocycles. The molecule has 0 unspecified atom stereocenters. The Labute approximate surface area is 194 Å². The van der Waals surface area contributed by atoms with Crippen molar-refractivity contribution < 1.29 is 4.79 Å². The number of hydrogen-bond acceptors (Lipinski definition) is 5. The van der Waals surface area contributed by atoms with E-state index in [1.807, 2.05) is 36.8 Å². The highest BCUT2D eigenvalue weighted by molar-refractivity contribution is 5.93. The number of anilines is 1. The van der Waals surface area contributed by atoms with Gasteiger partial charge in [-0.05, 0) is 49.6 Å². The number of nitriles is 1. The van der Waals surface area contributed by atoms with Gasteiger partial charge >= 0.3 is 0 Å². The van der Waals surface area contributed by atoms with Gasteiger partial charge in [0.1, 0.15) is 5.54 Å². The highest BCUT2D eigenvalue weighted by Gasteiger charge is 2.50. The van der Waals surface area contributed by atoms with Gasteiger partial charge < -0.3 is 14.8 Å². The molecule has 0 atom stereocenters. The van der Waals surface area contributed by atoms with Crippen molar-refractivity contribution in [2.75, 3.05) is 24.7 Å². The number of aryl methyl sites for hydroxylation is 1. The summed E-state index contributed by atoms with van der Waals surface area (Å²) in [6.45, 7) is 5.90. The molecule has 1 N–H and O–H groups in total. The summed E-state index contributed by atoms with van der Waals surface area (Å²) in [6, 6.07) is 18.3. The summed E-state index contributed by atoms with van der Waals surface area (Å²) in [5.41, 5.74) is 4.83. The van der Waals surface area contributed by atoms with Gasteiger partial charge in [-0.25, -0.2) is 4.98 Å². The zero-order chi connectivity index (χ0) is 22.8. The molecular weight excluding hydrogens is 412 g/mol. The molecule has 3 heterocycles. The molecule has 33 heavy (non-hydrogen) atoms. The van der Waals surface area contributed by atoms with Gasteiger partial charge in [-0.1, -0.05) is 29.8 Å². The first-order chi connectivity index (χ1) is 16.1. The lowest BCUT2D eigenvalue weighted by Gasteiger charge is -2.43. The Bertz CT molecular complexity index is 1170. The molecule has 1 spiro atoms. The Morgan fingerprint density at radius 3 is 2.48 bits per heavy atom. The zero-order valence-corrected chi connectivity index (χ0v) is 18.9. The van der Waals surface area contributed by atoms with Gasteiger partial charge in [0.25, 0.3) is 0 Å². The molecule has 0 bridgehead atoms. The molecule has 2 aliphatic heterocycles. The van der Waals surface area contributed by atoms with Gasteiger partial charge in [0.05, 0.1) is 30.3 Å². The van der Waals surface area contributed by atoms with Crippen molar-refractivity contribution in [3.63, 3.8) is 0 Å². The fourth-order valence-electron chi connectivity index (χ4n) is 4.96. The van der Waals surface area contributed by atoms with E-state index in [1.54, 1.807) is 0 Å². The highest BCUT2D eigenvalue weighted by atomic mass is 16.2. The molecule has 7 heteroatoms. The first-order valence-corrected chi connectivity index (χ1v) is 11.4. The van der Waals surface area contributed by atoms with E-state index in [0.29, 0.717) is 12.2 Å². The minimum atomic E-state index is -0.464. The summed E-state index contributed by atoms with van der Waals surface area (Å²) in [7, 11) is 0. The lowest BCUT2D eigenvalue weighted by atomic mass is 9.85. The van der Waals surface area contributed by atoms with Crippen molar-refractivity contribution in [2.45, 2.75) is 38.4 Å². The van der Waals surface area contributed by atoms with Crippen LogP contribution < -0.4 is 10.2 Å². The number of rotatable bonds is 5. The third-order valence-electron chi connectivity index (χ3n) is 6.99. The number of amides is 1. The Balaban J connectivity index is 1.25. The number of carbonyl (C=O) groups is 1. The van der Waals surface area contributed by atoms with E-state index in [2.05, 4.69) is 61.9 Å². The third-order valence-corrected chi connectivity index (χ3v) is 6.99. The summed E-state index contributed by atoms with van der Waals surface area (Å²) in [5, 5.41) is 12.1. The number of aromatic nitrogens is 2. The predicted octanol–water partition coefficient (Wildman–Crippen LogP) is 3.04. The second kappa shape index (κ2) is 8.72. The quantitative estimate of drug-likeness (QED) is 0.660. The molecule has 2 saturated heterocycles. The second-order valence-electron chi connectivity index (χ2n) is 9.06. The zero-order valence-electron chi connectivity index (χ0n) is 18.9. The van der Waals surface area contributed by atoms with Gasteiger partial charge in [0.15, 0.2) is 0 Å². The van der Waals surface area contributed by atoms with Crippen LogP contribution in [0, 0.1) is 18.3 Å². The molecule has 5 rings (SSSR count). The van der Waals surface area contributed by atoms with Crippen molar-refractivity contribution in [2.24, 2.45) is 0 Å². The van der Waals surface area contributed by atoms with Crippen molar-refractivity contribution >= 4 is 11.6 Å². The monoisotopic (exact) mass is 440 g/mol. The molecule has 2 aliphatic rings. The minimum Gasteiger partial charge on any atom is -0.339 e. The van der Waals surface area contributed by atoms with Crippen LogP contribution in [0.2, 0.25) is 0 Å². The molecule has 3 aromatic rings. The largest absolute Gasteiger partial charge is 0.339 e. The van der Waals surface area contributed by atoms with Crippen LogP contribution in [0.5, 0.6) is 0 Å². The molecule has 1 aromatic heterocycles. The fraction of sp³-hybridized carbons (Fsp3) is 0.346. The van der Waals surface area contributed by atoms with E-state index in [9.17, 15) is 4.79 Å². The second-order valence-corrected chi connectivity index (χ2v) is 9.06. The Morgan fingerprint density at radius 2 is 1.79 bits per heavy atom. The van der Waals surface area contributed by atoms with Crippen LogP contribution in [0.25, 0.3) is 0 Å². The summed E-state index contributed by atoms with van der Waals surface area (Å²) in [6.07, 6.45) is 5.39. The van der Waals surface area contributed by atoms with Crippen molar-refractivity contribution in [3.05, 3.63) is 83.4 Å². The van der Waals surface area contributed by atoms with Crippen LogP contribution >= 0.6 is 0 Å². The lowest BCUT2D eigenvalue weighted by molar-refractivity contribution is -0.125. The van der Waals surface area contributed by atoms with E-state index in [-0.39, 0.29) is 5.91 Å². The lowest BCUT2D eigenvalue weighted by Crippen LogP contribution is -2.56. The predicted molar refractivity (Wildman–Crippen MR) is 126 cm³/mol. The smallest absolute Gasteiger partial charge is 0.247 e. The van der Waals surface area contributed by atoms with E-state index in [4.69, 9.17) is 5.26 Å². The number of piperidine rings is 1. The summed E-state index contributed by atoms with van der Waals surface area (Å²) in [5.74, 6) is 0.147. The number of imidazole rings is 1. The fourth-order valence-corrected chi connectivity index (χ4v) is 4.96. The number of hydrogen-bond donors (Lipinski definition) is 1. The van der Waals surface area contributed by atoms with Gasteiger partial charge in [-0.2, -0.15) is 5.26 Å². The normalized spacial score (nSPS) is 17.8. The van der Waals surface area contributed by atoms with Crippen LogP contribution in [0.3, 0.4) is 0 Å². The first kappa shape index (κ1) is 21.2. The van der Waals surface area contributed by atoms with E-state index < -0.39 is 5.54 Å². The average molecular weight is 441 g/mol. The highest BCUT2D eigenvalue weighted by Crippen LogP contribution is 2.36. The first-order valence-electron chi connectivity index (χ1n) is 11.4. The minimum absolute atomic E-state index is 0.147. The molecule has 0 radical (unpaired) electrons. The maximum atomic E-state index is 12.9. The van der Waals surface area contributed by atoms with Crippen LogP contribution in [-0.4, -0.2) is 45.7 Å². The number of benzene rings is 2. The Hall–Kier alpha value is -3.63. The van der Waals surface area contributed by atoms with Gasteiger partial charge in [-0.3, -0.25) is 9.69 Å². The van der Waals surface area contributed by atoms with Crippen molar-refractivity contribution in [3.8, 4) is 6.07 Å². The van der Waals surface area contributed by atoms with Crippen LogP contribution in [0.15, 0.2) is 61.1 Å². The molecule has 0 aliphatic carbocycles. The molecule has 7 nitrogen and oxygen atoms in total. The molecule has 0 saturated carbocycles. The van der Waals surface area contributed by atoms with E-state index >= 15 is 0 Å². The van der Waals surface area contributed by atoms with Crippen LogP contribution in [-0.2, 0) is 17.9 Å².